The van der Waals surface area contributed by atoms with E-state index in [2.05, 4.69) is 12.1 Å². The van der Waals surface area contributed by atoms with E-state index in [9.17, 15) is 4.79 Å². The lowest BCUT2D eigenvalue weighted by atomic mass is 10.1. The Balaban J connectivity index is 1.71. The smallest absolute Gasteiger partial charge is 0.255 e. The Hall–Kier alpha value is -1.65. The van der Waals surface area contributed by atoms with Crippen LogP contribution in [0.2, 0.25) is 0 Å². The van der Waals surface area contributed by atoms with Gasteiger partial charge in [0.05, 0.1) is 18.2 Å². The predicted octanol–water partition coefficient (Wildman–Crippen LogP) is 3.22. The molecule has 0 saturated carbocycles. The number of amides is 1. The van der Waals surface area contributed by atoms with Gasteiger partial charge in [0, 0.05) is 18.5 Å². The second kappa shape index (κ2) is 6.87. The second-order valence-corrected chi connectivity index (χ2v) is 6.04. The minimum absolute atomic E-state index is 0.127. The molecular weight excluding hydrogens is 282 g/mol. The van der Waals surface area contributed by atoms with Crippen molar-refractivity contribution in [2.24, 2.45) is 0 Å². The second-order valence-electron chi connectivity index (χ2n) is 5.26. The third-order valence-corrected chi connectivity index (χ3v) is 4.54. The maximum absolute atomic E-state index is 12.7. The number of carbonyl (C=O) groups excluding carboxylic acids is 1. The highest BCUT2D eigenvalue weighted by Gasteiger charge is 2.27. The summed E-state index contributed by atoms with van der Waals surface area (Å²) in [5.41, 5.74) is 2.06. The van der Waals surface area contributed by atoms with Gasteiger partial charge in [-0.2, -0.15) is 11.3 Å². The van der Waals surface area contributed by atoms with E-state index < -0.39 is 0 Å². The Morgan fingerprint density at radius 1 is 1.29 bits per heavy atom. The molecule has 3 nitrogen and oxygen atoms in total. The molecule has 0 unspecified atom stereocenters. The lowest BCUT2D eigenvalue weighted by Crippen LogP contribution is -2.41. The molecule has 0 spiro atoms. The number of ether oxygens (including phenoxy) is 1. The quantitative estimate of drug-likeness (QED) is 0.848. The van der Waals surface area contributed by atoms with E-state index in [0.29, 0.717) is 6.61 Å². The molecule has 0 aliphatic carbocycles. The van der Waals surface area contributed by atoms with E-state index in [-0.39, 0.29) is 11.9 Å². The summed E-state index contributed by atoms with van der Waals surface area (Å²) in [5.74, 6) is 0.127. The first kappa shape index (κ1) is 14.3. The van der Waals surface area contributed by atoms with Gasteiger partial charge < -0.3 is 9.64 Å². The van der Waals surface area contributed by atoms with E-state index in [1.54, 1.807) is 11.3 Å². The molecule has 0 N–H and O–H groups in total. The molecule has 1 saturated heterocycles. The fourth-order valence-corrected chi connectivity index (χ4v) is 3.29. The number of nitrogens with zero attached hydrogens (tertiary/aromatic N) is 1. The van der Waals surface area contributed by atoms with Crippen molar-refractivity contribution in [1.82, 2.24) is 4.90 Å². The zero-order valence-corrected chi connectivity index (χ0v) is 12.7. The first-order valence-electron chi connectivity index (χ1n) is 7.29. The molecule has 4 heteroatoms. The van der Waals surface area contributed by atoms with Crippen LogP contribution < -0.4 is 0 Å². The summed E-state index contributed by atoms with van der Waals surface area (Å²) in [7, 11) is 0. The highest BCUT2D eigenvalue weighted by molar-refractivity contribution is 7.08. The van der Waals surface area contributed by atoms with Crippen LogP contribution in [0, 0.1) is 0 Å². The van der Waals surface area contributed by atoms with Crippen LogP contribution in [-0.2, 0) is 11.2 Å². The Labute approximate surface area is 129 Å². The third-order valence-electron chi connectivity index (χ3n) is 3.86. The summed E-state index contributed by atoms with van der Waals surface area (Å²) in [6, 6.07) is 12.4. The molecule has 1 atom stereocenters. The summed E-state index contributed by atoms with van der Waals surface area (Å²) < 4.78 is 5.47. The molecule has 2 heterocycles. The predicted molar refractivity (Wildman–Crippen MR) is 84.7 cm³/mol. The van der Waals surface area contributed by atoms with Crippen molar-refractivity contribution in [3.63, 3.8) is 0 Å². The van der Waals surface area contributed by atoms with Crippen LogP contribution in [0.15, 0.2) is 47.2 Å². The van der Waals surface area contributed by atoms with Crippen molar-refractivity contribution in [2.75, 3.05) is 19.8 Å². The number of thiophene rings is 1. The topological polar surface area (TPSA) is 29.5 Å². The largest absolute Gasteiger partial charge is 0.379 e. The number of benzene rings is 1. The third kappa shape index (κ3) is 3.52. The molecule has 0 radical (unpaired) electrons. The van der Waals surface area contributed by atoms with Crippen molar-refractivity contribution in [3.05, 3.63) is 58.3 Å². The van der Waals surface area contributed by atoms with Gasteiger partial charge in [-0.3, -0.25) is 4.79 Å². The van der Waals surface area contributed by atoms with Crippen molar-refractivity contribution in [1.29, 1.82) is 0 Å². The van der Waals surface area contributed by atoms with Crippen molar-refractivity contribution in [2.45, 2.75) is 18.9 Å². The molecular formula is C17H19NO2S. The van der Waals surface area contributed by atoms with E-state index in [4.69, 9.17) is 4.74 Å². The van der Waals surface area contributed by atoms with Crippen LogP contribution >= 0.6 is 11.3 Å². The average Bonchev–Trinajstić information content (AvgIpc) is 3.22. The fourth-order valence-electron chi connectivity index (χ4n) is 2.66. The van der Waals surface area contributed by atoms with Crippen LogP contribution in [0.5, 0.6) is 0 Å². The zero-order chi connectivity index (χ0) is 14.5. The molecule has 2 aromatic rings. The van der Waals surface area contributed by atoms with Gasteiger partial charge in [0.2, 0.25) is 0 Å². The van der Waals surface area contributed by atoms with Gasteiger partial charge in [-0.25, -0.2) is 0 Å². The van der Waals surface area contributed by atoms with E-state index in [1.165, 1.54) is 5.56 Å². The van der Waals surface area contributed by atoms with E-state index >= 15 is 0 Å². The molecule has 21 heavy (non-hydrogen) atoms. The fraction of sp³-hybridized carbons (Fsp3) is 0.353. The molecule has 1 aromatic carbocycles. The lowest BCUT2D eigenvalue weighted by molar-refractivity contribution is 0.0657. The molecule has 1 aromatic heterocycles. The monoisotopic (exact) mass is 301 g/mol. The van der Waals surface area contributed by atoms with Gasteiger partial charge >= 0.3 is 0 Å². The Morgan fingerprint density at radius 3 is 2.81 bits per heavy atom. The van der Waals surface area contributed by atoms with Crippen LogP contribution in [-0.4, -0.2) is 36.6 Å². The van der Waals surface area contributed by atoms with Crippen LogP contribution in [0.4, 0.5) is 0 Å². The molecule has 3 rings (SSSR count). The summed E-state index contributed by atoms with van der Waals surface area (Å²) in [5, 5.41) is 3.88. The molecule has 1 aliphatic rings. The highest BCUT2D eigenvalue weighted by Crippen LogP contribution is 2.18. The highest BCUT2D eigenvalue weighted by atomic mass is 32.1. The lowest BCUT2D eigenvalue weighted by Gasteiger charge is -2.28. The van der Waals surface area contributed by atoms with Crippen molar-refractivity contribution < 1.29 is 9.53 Å². The molecule has 1 amide bonds. The standard InChI is InChI=1S/C17H19NO2S/c19-17(15-8-11-21-13-15)18(16-7-10-20-12-16)9-6-14-4-2-1-3-5-14/h1-5,8,11,13,16H,6-7,9-10,12H2/t16-/m0/s1. The molecule has 1 fully saturated rings. The van der Waals surface area contributed by atoms with Gasteiger partial charge in [-0.05, 0) is 29.9 Å². The Bertz CT molecular complexity index is 562. The number of hydrogen-bond donors (Lipinski definition) is 0. The number of rotatable bonds is 5. The SMILES string of the molecule is O=C(c1ccsc1)N(CCc1ccccc1)[C@H]1CCOC1. The van der Waals surface area contributed by atoms with Crippen molar-refractivity contribution >= 4 is 17.2 Å². The van der Waals surface area contributed by atoms with Gasteiger partial charge in [-0.1, -0.05) is 30.3 Å². The van der Waals surface area contributed by atoms with Gasteiger partial charge in [0.15, 0.2) is 0 Å². The Kier molecular flexibility index (Phi) is 4.68. The first-order valence-corrected chi connectivity index (χ1v) is 8.24. The van der Waals surface area contributed by atoms with Crippen molar-refractivity contribution in [3.8, 4) is 0 Å². The first-order chi connectivity index (χ1) is 10.3. The number of carbonyl (C=O) groups is 1. The van der Waals surface area contributed by atoms with Crippen LogP contribution in [0.25, 0.3) is 0 Å². The maximum Gasteiger partial charge on any atom is 0.255 e. The number of hydrogen-bond acceptors (Lipinski definition) is 3. The zero-order valence-electron chi connectivity index (χ0n) is 11.9. The van der Waals surface area contributed by atoms with E-state index in [0.717, 1.165) is 31.6 Å². The average molecular weight is 301 g/mol. The molecule has 1 aliphatic heterocycles. The summed E-state index contributed by atoms with van der Waals surface area (Å²) in [6.45, 7) is 2.15. The van der Waals surface area contributed by atoms with Gasteiger partial charge in [-0.15, -0.1) is 0 Å². The summed E-state index contributed by atoms with van der Waals surface area (Å²) in [6.07, 6.45) is 1.82. The Morgan fingerprint density at radius 2 is 2.14 bits per heavy atom. The minimum atomic E-state index is 0.127. The summed E-state index contributed by atoms with van der Waals surface area (Å²) >= 11 is 1.56. The van der Waals surface area contributed by atoms with Gasteiger partial charge in [0.1, 0.15) is 0 Å². The van der Waals surface area contributed by atoms with Crippen LogP contribution in [0.3, 0.4) is 0 Å². The van der Waals surface area contributed by atoms with Crippen LogP contribution in [0.1, 0.15) is 22.3 Å². The van der Waals surface area contributed by atoms with Gasteiger partial charge in [0.25, 0.3) is 5.91 Å². The normalized spacial score (nSPS) is 17.8. The molecule has 110 valence electrons. The minimum Gasteiger partial charge on any atom is -0.379 e. The molecule has 0 bridgehead atoms. The van der Waals surface area contributed by atoms with E-state index in [1.807, 2.05) is 39.9 Å². The maximum atomic E-state index is 12.7. The summed E-state index contributed by atoms with van der Waals surface area (Å²) in [4.78, 5) is 14.7.